The van der Waals surface area contributed by atoms with Crippen LogP contribution >= 0.6 is 0 Å². The van der Waals surface area contributed by atoms with Crippen molar-refractivity contribution in [2.75, 3.05) is 30.3 Å². The fourth-order valence-corrected chi connectivity index (χ4v) is 2.42. The molecule has 0 saturated carbocycles. The highest BCUT2D eigenvalue weighted by molar-refractivity contribution is 5.66. The third-order valence-corrected chi connectivity index (χ3v) is 3.42. The van der Waals surface area contributed by atoms with Crippen molar-refractivity contribution in [2.24, 2.45) is 0 Å². The first-order valence-electron chi connectivity index (χ1n) is 6.52. The van der Waals surface area contributed by atoms with Crippen molar-refractivity contribution in [3.05, 3.63) is 28.3 Å². The summed E-state index contributed by atoms with van der Waals surface area (Å²) in [5.41, 5.74) is 6.84. The third kappa shape index (κ3) is 3.14. The Morgan fingerprint density at radius 1 is 1.47 bits per heavy atom. The van der Waals surface area contributed by atoms with Crippen LogP contribution < -0.4 is 10.6 Å². The summed E-state index contributed by atoms with van der Waals surface area (Å²) in [6, 6.07) is 4.91. The molecule has 0 aromatic heterocycles. The van der Waals surface area contributed by atoms with Crippen molar-refractivity contribution < 1.29 is 9.66 Å². The molecule has 1 fully saturated rings. The smallest absolute Gasteiger partial charge is 0.292 e. The van der Waals surface area contributed by atoms with E-state index in [2.05, 4.69) is 4.90 Å². The van der Waals surface area contributed by atoms with Crippen LogP contribution in [-0.4, -0.2) is 30.7 Å². The number of nitro benzene ring substituents is 1. The first kappa shape index (κ1) is 13.6. The lowest BCUT2D eigenvalue weighted by Crippen LogP contribution is -2.37. The lowest BCUT2D eigenvalue weighted by molar-refractivity contribution is -0.383. The molecule has 2 rings (SSSR count). The van der Waals surface area contributed by atoms with Crippen LogP contribution in [0.3, 0.4) is 0 Å². The quantitative estimate of drug-likeness (QED) is 0.512. The van der Waals surface area contributed by atoms with E-state index in [0.29, 0.717) is 6.10 Å². The number of nitrogens with zero attached hydrogens (tertiary/aromatic N) is 2. The summed E-state index contributed by atoms with van der Waals surface area (Å²) >= 11 is 0. The van der Waals surface area contributed by atoms with Gasteiger partial charge in [0.15, 0.2) is 0 Å². The third-order valence-electron chi connectivity index (χ3n) is 3.42. The zero-order chi connectivity index (χ0) is 13.8. The van der Waals surface area contributed by atoms with Crippen LogP contribution in [0, 0.1) is 10.1 Å². The highest BCUT2D eigenvalue weighted by Gasteiger charge is 2.21. The second-order valence-corrected chi connectivity index (χ2v) is 4.64. The van der Waals surface area contributed by atoms with Gasteiger partial charge in [-0.2, -0.15) is 0 Å². The van der Waals surface area contributed by atoms with Crippen molar-refractivity contribution >= 4 is 17.1 Å². The van der Waals surface area contributed by atoms with Crippen molar-refractivity contribution in [3.8, 4) is 0 Å². The highest BCUT2D eigenvalue weighted by Crippen LogP contribution is 2.28. The maximum atomic E-state index is 10.7. The largest absolute Gasteiger partial charge is 0.393 e. The van der Waals surface area contributed by atoms with Crippen LogP contribution in [-0.2, 0) is 4.74 Å². The number of piperidine rings is 1. The lowest BCUT2D eigenvalue weighted by atomic mass is 10.1. The van der Waals surface area contributed by atoms with Crippen LogP contribution in [0.1, 0.15) is 19.8 Å². The molecule has 1 heterocycles. The zero-order valence-corrected chi connectivity index (χ0v) is 11.0. The Hall–Kier alpha value is -1.82. The Balaban J connectivity index is 2.04. The van der Waals surface area contributed by atoms with Gasteiger partial charge in [0.2, 0.25) is 0 Å². The molecule has 1 saturated heterocycles. The van der Waals surface area contributed by atoms with Crippen molar-refractivity contribution in [1.82, 2.24) is 0 Å². The Morgan fingerprint density at radius 3 is 2.68 bits per heavy atom. The van der Waals surface area contributed by atoms with E-state index in [9.17, 15) is 10.1 Å². The Labute approximate surface area is 112 Å². The molecule has 6 heteroatoms. The molecule has 0 radical (unpaired) electrons. The molecule has 19 heavy (non-hydrogen) atoms. The van der Waals surface area contributed by atoms with E-state index >= 15 is 0 Å². The molecule has 0 bridgehead atoms. The number of anilines is 2. The fraction of sp³-hybridized carbons (Fsp3) is 0.538. The molecule has 0 spiro atoms. The molecular formula is C13H19N3O3. The molecular weight excluding hydrogens is 246 g/mol. The summed E-state index contributed by atoms with van der Waals surface area (Å²) in [7, 11) is 0. The van der Waals surface area contributed by atoms with Crippen LogP contribution in [0.5, 0.6) is 0 Å². The maximum absolute atomic E-state index is 10.7. The minimum Gasteiger partial charge on any atom is -0.393 e. The SMILES string of the molecule is CCOC1CCN(c2ccc([N+](=O)[O-])c(N)c2)CC1. The van der Waals surface area contributed by atoms with Gasteiger partial charge in [-0.05, 0) is 31.9 Å². The standard InChI is InChI=1S/C13H19N3O3/c1-2-19-11-5-7-15(8-6-11)10-3-4-13(16(17)18)12(14)9-10/h3-4,9,11H,2,5-8,14H2,1H3. The number of hydrogen-bond acceptors (Lipinski definition) is 5. The predicted octanol–water partition coefficient (Wildman–Crippen LogP) is 2.18. The van der Waals surface area contributed by atoms with E-state index in [0.717, 1.165) is 38.2 Å². The summed E-state index contributed by atoms with van der Waals surface area (Å²) < 4.78 is 5.60. The van der Waals surface area contributed by atoms with Gasteiger partial charge in [0.25, 0.3) is 5.69 Å². The lowest BCUT2D eigenvalue weighted by Gasteiger charge is -2.33. The van der Waals surface area contributed by atoms with Gasteiger partial charge in [0, 0.05) is 31.5 Å². The summed E-state index contributed by atoms with van der Waals surface area (Å²) in [4.78, 5) is 12.5. The van der Waals surface area contributed by atoms with Crippen LogP contribution in [0.4, 0.5) is 17.1 Å². The van der Waals surface area contributed by atoms with Crippen LogP contribution in [0.2, 0.25) is 0 Å². The molecule has 2 N–H and O–H groups in total. The fourth-order valence-electron chi connectivity index (χ4n) is 2.42. The van der Waals surface area contributed by atoms with Crippen LogP contribution in [0.25, 0.3) is 0 Å². The second kappa shape index (κ2) is 5.88. The minimum atomic E-state index is -0.458. The minimum absolute atomic E-state index is 0.0343. The van der Waals surface area contributed by atoms with Gasteiger partial charge in [-0.3, -0.25) is 10.1 Å². The van der Waals surface area contributed by atoms with E-state index in [1.165, 1.54) is 6.07 Å². The summed E-state index contributed by atoms with van der Waals surface area (Å²) in [5.74, 6) is 0. The molecule has 0 aliphatic carbocycles. The highest BCUT2D eigenvalue weighted by atomic mass is 16.6. The zero-order valence-electron chi connectivity index (χ0n) is 11.0. The topological polar surface area (TPSA) is 81.6 Å². The molecule has 104 valence electrons. The van der Waals surface area contributed by atoms with Crippen molar-refractivity contribution in [3.63, 3.8) is 0 Å². The van der Waals surface area contributed by atoms with Gasteiger partial charge in [0.05, 0.1) is 11.0 Å². The number of nitrogen functional groups attached to an aromatic ring is 1. The van der Waals surface area contributed by atoms with E-state index in [1.54, 1.807) is 12.1 Å². The number of benzene rings is 1. The van der Waals surface area contributed by atoms with E-state index in [-0.39, 0.29) is 11.4 Å². The molecule has 1 aliphatic heterocycles. The number of hydrogen-bond donors (Lipinski definition) is 1. The van der Waals surface area contributed by atoms with Gasteiger partial charge in [0.1, 0.15) is 5.69 Å². The van der Waals surface area contributed by atoms with Crippen molar-refractivity contribution in [1.29, 1.82) is 0 Å². The number of nitro groups is 1. The molecule has 1 aromatic carbocycles. The van der Waals surface area contributed by atoms with Gasteiger partial charge in [-0.15, -0.1) is 0 Å². The predicted molar refractivity (Wildman–Crippen MR) is 74.4 cm³/mol. The van der Waals surface area contributed by atoms with E-state index in [1.807, 2.05) is 6.92 Å². The normalized spacial score (nSPS) is 16.6. The van der Waals surface area contributed by atoms with E-state index < -0.39 is 4.92 Å². The first-order valence-corrected chi connectivity index (χ1v) is 6.52. The number of nitrogens with two attached hydrogens (primary N) is 1. The Bertz CT molecular complexity index is 456. The summed E-state index contributed by atoms with van der Waals surface area (Å²) in [5, 5.41) is 10.7. The molecule has 0 atom stereocenters. The maximum Gasteiger partial charge on any atom is 0.292 e. The Kier molecular flexibility index (Phi) is 4.21. The van der Waals surface area contributed by atoms with Crippen LogP contribution in [0.15, 0.2) is 18.2 Å². The average molecular weight is 265 g/mol. The summed E-state index contributed by atoms with van der Waals surface area (Å²) in [6.07, 6.45) is 2.28. The second-order valence-electron chi connectivity index (χ2n) is 4.64. The van der Waals surface area contributed by atoms with Gasteiger partial charge < -0.3 is 15.4 Å². The summed E-state index contributed by atoms with van der Waals surface area (Å²) in [6.45, 7) is 4.53. The molecule has 0 amide bonds. The van der Waals surface area contributed by atoms with Gasteiger partial charge >= 0.3 is 0 Å². The van der Waals surface area contributed by atoms with Crippen molar-refractivity contribution in [2.45, 2.75) is 25.9 Å². The van der Waals surface area contributed by atoms with Gasteiger partial charge in [-0.1, -0.05) is 0 Å². The molecule has 0 unspecified atom stereocenters. The molecule has 1 aliphatic rings. The first-order chi connectivity index (χ1) is 9.11. The molecule has 6 nitrogen and oxygen atoms in total. The molecule has 1 aromatic rings. The Morgan fingerprint density at radius 2 is 2.16 bits per heavy atom. The van der Waals surface area contributed by atoms with Gasteiger partial charge in [-0.25, -0.2) is 0 Å². The van der Waals surface area contributed by atoms with E-state index in [4.69, 9.17) is 10.5 Å². The number of rotatable bonds is 4. The number of ether oxygens (including phenoxy) is 1. The monoisotopic (exact) mass is 265 g/mol. The average Bonchev–Trinajstić information content (AvgIpc) is 2.39.